The van der Waals surface area contributed by atoms with E-state index >= 15 is 0 Å². The first-order valence-corrected chi connectivity index (χ1v) is 11.5. The number of fused-ring (bicyclic) bond motifs is 1. The van der Waals surface area contributed by atoms with Gasteiger partial charge in [0.15, 0.2) is 11.7 Å². The Balaban J connectivity index is 1.68. The standard InChI is InChI=1S/C24H20Cl2N2O4S/c1-30-19-10-11-20(31-2)23-22(19)27-24(33-23)28(13-15-6-4-3-5-7-15)21(29)14-32-18-9-8-16(25)12-17(18)26/h3-12H,13-14H2,1-2H3. The van der Waals surface area contributed by atoms with E-state index in [1.165, 1.54) is 11.3 Å². The summed E-state index contributed by atoms with van der Waals surface area (Å²) in [5.74, 6) is 1.36. The number of methoxy groups -OCH3 is 2. The summed E-state index contributed by atoms with van der Waals surface area (Å²) in [4.78, 5) is 19.6. The van der Waals surface area contributed by atoms with Gasteiger partial charge < -0.3 is 14.2 Å². The van der Waals surface area contributed by atoms with E-state index in [0.717, 1.165) is 10.3 Å². The molecule has 1 aromatic heterocycles. The lowest BCUT2D eigenvalue weighted by molar-refractivity contribution is -0.120. The molecule has 33 heavy (non-hydrogen) atoms. The van der Waals surface area contributed by atoms with E-state index in [9.17, 15) is 4.79 Å². The van der Waals surface area contributed by atoms with Gasteiger partial charge in [0, 0.05) is 5.02 Å². The Morgan fingerprint density at radius 3 is 2.36 bits per heavy atom. The topological polar surface area (TPSA) is 60.9 Å². The van der Waals surface area contributed by atoms with E-state index in [1.807, 2.05) is 36.4 Å². The van der Waals surface area contributed by atoms with Crippen molar-refractivity contribution in [3.05, 3.63) is 76.3 Å². The Hall–Kier alpha value is -3.00. The molecule has 0 saturated carbocycles. The van der Waals surface area contributed by atoms with Crippen molar-refractivity contribution in [3.8, 4) is 17.2 Å². The fourth-order valence-corrected chi connectivity index (χ4v) is 4.78. The molecule has 0 unspecified atom stereocenters. The predicted octanol–water partition coefficient (Wildman–Crippen LogP) is 6.23. The van der Waals surface area contributed by atoms with Crippen molar-refractivity contribution in [2.24, 2.45) is 0 Å². The lowest BCUT2D eigenvalue weighted by atomic mass is 10.2. The molecule has 3 aromatic carbocycles. The van der Waals surface area contributed by atoms with Gasteiger partial charge in [0.1, 0.15) is 27.5 Å². The maximum Gasteiger partial charge on any atom is 0.267 e. The number of hydrogen-bond acceptors (Lipinski definition) is 6. The van der Waals surface area contributed by atoms with Crippen LogP contribution in [-0.2, 0) is 11.3 Å². The normalized spacial score (nSPS) is 10.8. The summed E-state index contributed by atoms with van der Waals surface area (Å²) in [6, 6.07) is 18.1. The third-order valence-electron chi connectivity index (χ3n) is 4.86. The number of carbonyl (C=O) groups is 1. The second-order valence-corrected chi connectivity index (χ2v) is 8.79. The van der Waals surface area contributed by atoms with Gasteiger partial charge in [-0.3, -0.25) is 9.69 Å². The van der Waals surface area contributed by atoms with E-state index in [4.69, 9.17) is 42.4 Å². The van der Waals surface area contributed by atoms with Gasteiger partial charge in [-0.15, -0.1) is 0 Å². The summed E-state index contributed by atoms with van der Waals surface area (Å²) in [5, 5.41) is 1.33. The predicted molar refractivity (Wildman–Crippen MR) is 132 cm³/mol. The second-order valence-electron chi connectivity index (χ2n) is 6.97. The molecule has 9 heteroatoms. The molecule has 0 aliphatic rings. The van der Waals surface area contributed by atoms with Crippen molar-refractivity contribution in [1.29, 1.82) is 0 Å². The summed E-state index contributed by atoms with van der Waals surface area (Å²) in [7, 11) is 3.17. The van der Waals surface area contributed by atoms with E-state index < -0.39 is 0 Å². The third-order valence-corrected chi connectivity index (χ3v) is 6.48. The molecule has 1 amide bonds. The van der Waals surface area contributed by atoms with Gasteiger partial charge in [-0.2, -0.15) is 0 Å². The number of rotatable bonds is 8. The van der Waals surface area contributed by atoms with Crippen molar-refractivity contribution in [2.75, 3.05) is 25.7 Å². The molecule has 0 N–H and O–H groups in total. The molecule has 170 valence electrons. The van der Waals surface area contributed by atoms with Crippen LogP contribution in [0.15, 0.2) is 60.7 Å². The van der Waals surface area contributed by atoms with Crippen LogP contribution in [0.4, 0.5) is 5.13 Å². The van der Waals surface area contributed by atoms with Crippen LogP contribution in [0.3, 0.4) is 0 Å². The van der Waals surface area contributed by atoms with Gasteiger partial charge in [0.25, 0.3) is 5.91 Å². The first kappa shape index (κ1) is 23.2. The number of thiazole rings is 1. The first-order valence-electron chi connectivity index (χ1n) is 9.94. The zero-order chi connectivity index (χ0) is 23.4. The number of nitrogens with zero attached hydrogens (tertiary/aromatic N) is 2. The molecule has 4 aromatic rings. The van der Waals surface area contributed by atoms with Crippen LogP contribution in [0.1, 0.15) is 5.56 Å². The molecule has 1 heterocycles. The highest BCUT2D eigenvalue weighted by molar-refractivity contribution is 7.22. The average molecular weight is 503 g/mol. The molecule has 0 radical (unpaired) electrons. The maximum atomic E-state index is 13.3. The van der Waals surface area contributed by atoms with Crippen LogP contribution in [0, 0.1) is 0 Å². The van der Waals surface area contributed by atoms with Crippen LogP contribution in [0.2, 0.25) is 10.0 Å². The Morgan fingerprint density at radius 1 is 0.970 bits per heavy atom. The maximum absolute atomic E-state index is 13.3. The molecule has 0 atom stereocenters. The minimum atomic E-state index is -0.276. The third kappa shape index (κ3) is 5.16. The average Bonchev–Trinajstić information content (AvgIpc) is 3.27. The highest BCUT2D eigenvalue weighted by Gasteiger charge is 2.23. The Kier molecular flexibility index (Phi) is 7.23. The van der Waals surface area contributed by atoms with E-state index in [1.54, 1.807) is 43.4 Å². The monoisotopic (exact) mass is 502 g/mol. The van der Waals surface area contributed by atoms with Gasteiger partial charge in [0.2, 0.25) is 0 Å². The fraction of sp³-hybridized carbons (Fsp3) is 0.167. The van der Waals surface area contributed by atoms with E-state index in [-0.39, 0.29) is 12.5 Å². The Morgan fingerprint density at radius 2 is 1.67 bits per heavy atom. The summed E-state index contributed by atoms with van der Waals surface area (Å²) in [6.07, 6.45) is 0. The lowest BCUT2D eigenvalue weighted by Gasteiger charge is -2.20. The van der Waals surface area contributed by atoms with Crippen LogP contribution >= 0.6 is 34.5 Å². The SMILES string of the molecule is COc1ccc(OC)c2sc(N(Cc3ccccc3)C(=O)COc3ccc(Cl)cc3Cl)nc12. The highest BCUT2D eigenvalue weighted by atomic mass is 35.5. The fourth-order valence-electron chi connectivity index (χ4n) is 3.23. The zero-order valence-electron chi connectivity index (χ0n) is 17.9. The summed E-state index contributed by atoms with van der Waals surface area (Å²) in [5.41, 5.74) is 1.58. The summed E-state index contributed by atoms with van der Waals surface area (Å²) < 4.78 is 17.4. The van der Waals surface area contributed by atoms with Crippen LogP contribution in [0.5, 0.6) is 17.2 Å². The minimum absolute atomic E-state index is 0.224. The van der Waals surface area contributed by atoms with Crippen LogP contribution in [0.25, 0.3) is 10.2 Å². The molecular weight excluding hydrogens is 483 g/mol. The molecule has 4 rings (SSSR count). The van der Waals surface area contributed by atoms with Crippen molar-refractivity contribution in [2.45, 2.75) is 6.54 Å². The van der Waals surface area contributed by atoms with Crippen molar-refractivity contribution >= 4 is 55.8 Å². The number of hydrogen-bond donors (Lipinski definition) is 0. The number of ether oxygens (including phenoxy) is 3. The lowest BCUT2D eigenvalue weighted by Crippen LogP contribution is -2.34. The van der Waals surface area contributed by atoms with Crippen molar-refractivity contribution < 1.29 is 19.0 Å². The number of halogens is 2. The first-order chi connectivity index (χ1) is 16.0. The number of benzene rings is 3. The van der Waals surface area contributed by atoms with Crippen LogP contribution in [-0.4, -0.2) is 31.7 Å². The minimum Gasteiger partial charge on any atom is -0.495 e. The van der Waals surface area contributed by atoms with E-state index in [0.29, 0.717) is 44.5 Å². The molecule has 0 saturated heterocycles. The van der Waals surface area contributed by atoms with Gasteiger partial charge in [0.05, 0.1) is 25.8 Å². The van der Waals surface area contributed by atoms with Gasteiger partial charge in [-0.25, -0.2) is 4.98 Å². The second kappa shape index (κ2) is 10.3. The molecule has 0 bridgehead atoms. The van der Waals surface area contributed by atoms with Gasteiger partial charge in [-0.1, -0.05) is 64.9 Å². The molecule has 0 aliphatic carbocycles. The number of anilines is 1. The summed E-state index contributed by atoms with van der Waals surface area (Å²) >= 11 is 13.5. The largest absolute Gasteiger partial charge is 0.495 e. The van der Waals surface area contributed by atoms with Crippen LogP contribution < -0.4 is 19.1 Å². The van der Waals surface area contributed by atoms with E-state index in [2.05, 4.69) is 0 Å². The molecule has 0 spiro atoms. The van der Waals surface area contributed by atoms with Gasteiger partial charge >= 0.3 is 0 Å². The molecule has 6 nitrogen and oxygen atoms in total. The number of carbonyl (C=O) groups excluding carboxylic acids is 1. The number of aromatic nitrogens is 1. The Labute approximate surface area is 205 Å². The Bertz CT molecular complexity index is 1240. The quantitative estimate of drug-likeness (QED) is 0.285. The zero-order valence-corrected chi connectivity index (χ0v) is 20.2. The van der Waals surface area contributed by atoms with Crippen molar-refractivity contribution in [3.63, 3.8) is 0 Å². The molecule has 0 aliphatic heterocycles. The van der Waals surface area contributed by atoms with Gasteiger partial charge in [-0.05, 0) is 35.9 Å². The molecule has 0 fully saturated rings. The molecular formula is C24H20Cl2N2O4S. The smallest absolute Gasteiger partial charge is 0.267 e. The number of amides is 1. The van der Waals surface area contributed by atoms with Crippen molar-refractivity contribution in [1.82, 2.24) is 4.98 Å². The highest BCUT2D eigenvalue weighted by Crippen LogP contribution is 2.40. The summed E-state index contributed by atoms with van der Waals surface area (Å²) in [6.45, 7) is 0.0974.